The maximum absolute atomic E-state index is 14.0. The average molecular weight is 323 g/mol. The molecule has 3 rings (SSSR count). The van der Waals surface area contributed by atoms with Gasteiger partial charge in [-0.1, -0.05) is 35.3 Å². The molecule has 0 N–H and O–H groups in total. The molecule has 106 valence electrons. The molecule has 21 heavy (non-hydrogen) atoms. The van der Waals surface area contributed by atoms with Crippen molar-refractivity contribution >= 4 is 34.1 Å². The van der Waals surface area contributed by atoms with Gasteiger partial charge in [-0.25, -0.2) is 14.4 Å². The molecule has 1 heterocycles. The lowest BCUT2D eigenvalue weighted by atomic mass is 10.1. The number of nitrogens with zero attached hydrogens (tertiary/aromatic N) is 2. The van der Waals surface area contributed by atoms with E-state index in [1.54, 1.807) is 19.2 Å². The Hall–Kier alpha value is -1.91. The summed E-state index contributed by atoms with van der Waals surface area (Å²) in [5.74, 6) is 0.358. The third-order valence-electron chi connectivity index (χ3n) is 3.05. The topological polar surface area (TPSA) is 35.0 Å². The maximum Gasteiger partial charge on any atom is 0.165 e. The first-order chi connectivity index (χ1) is 10.1. The Kier molecular flexibility index (Phi) is 3.66. The van der Waals surface area contributed by atoms with Gasteiger partial charge in [-0.15, -0.1) is 0 Å². The van der Waals surface area contributed by atoms with Crippen LogP contribution in [-0.4, -0.2) is 17.1 Å². The number of fused-ring (bicyclic) bond motifs is 1. The number of rotatable bonds is 2. The molecule has 0 aliphatic rings. The van der Waals surface area contributed by atoms with Gasteiger partial charge in [-0.2, -0.15) is 0 Å². The number of ether oxygens (including phenoxy) is 1. The summed E-state index contributed by atoms with van der Waals surface area (Å²) in [6.07, 6.45) is 0. The fourth-order valence-corrected chi connectivity index (χ4v) is 2.64. The van der Waals surface area contributed by atoms with Crippen molar-refractivity contribution in [3.8, 4) is 17.1 Å². The first kappa shape index (κ1) is 14.0. The van der Waals surface area contributed by atoms with Crippen molar-refractivity contribution in [1.29, 1.82) is 0 Å². The lowest BCUT2D eigenvalue weighted by Gasteiger charge is -2.09. The van der Waals surface area contributed by atoms with Crippen molar-refractivity contribution in [2.75, 3.05) is 7.11 Å². The predicted octanol–water partition coefficient (Wildman–Crippen LogP) is 4.75. The largest absolute Gasteiger partial charge is 0.496 e. The van der Waals surface area contributed by atoms with E-state index in [1.807, 2.05) is 12.1 Å². The number of aromatic nitrogens is 2. The molecular formula is C15H9Cl2FN2O. The van der Waals surface area contributed by atoms with E-state index < -0.39 is 5.82 Å². The minimum absolute atomic E-state index is 0.0865. The van der Waals surface area contributed by atoms with Crippen LogP contribution in [0.4, 0.5) is 4.39 Å². The monoisotopic (exact) mass is 322 g/mol. The third kappa shape index (κ3) is 2.41. The van der Waals surface area contributed by atoms with E-state index >= 15 is 0 Å². The second-order valence-electron chi connectivity index (χ2n) is 4.29. The fourth-order valence-electron chi connectivity index (χ4n) is 2.08. The molecule has 0 spiro atoms. The molecule has 0 amide bonds. The van der Waals surface area contributed by atoms with Crippen LogP contribution in [0.2, 0.25) is 10.2 Å². The van der Waals surface area contributed by atoms with E-state index in [1.165, 1.54) is 12.1 Å². The average Bonchev–Trinajstić information content (AvgIpc) is 2.50. The Morgan fingerprint density at radius 3 is 2.57 bits per heavy atom. The number of para-hydroxylation sites is 1. The van der Waals surface area contributed by atoms with Crippen molar-refractivity contribution in [2.45, 2.75) is 0 Å². The molecule has 0 aliphatic heterocycles. The van der Waals surface area contributed by atoms with Crippen LogP contribution in [0.5, 0.6) is 5.75 Å². The van der Waals surface area contributed by atoms with Gasteiger partial charge >= 0.3 is 0 Å². The highest BCUT2D eigenvalue weighted by molar-refractivity contribution is 6.41. The van der Waals surface area contributed by atoms with E-state index in [-0.39, 0.29) is 16.5 Å². The van der Waals surface area contributed by atoms with E-state index in [4.69, 9.17) is 27.9 Å². The van der Waals surface area contributed by atoms with E-state index in [9.17, 15) is 4.39 Å². The number of halogens is 3. The predicted molar refractivity (Wildman–Crippen MR) is 81.5 cm³/mol. The van der Waals surface area contributed by atoms with E-state index in [0.29, 0.717) is 21.7 Å². The maximum atomic E-state index is 14.0. The molecule has 0 radical (unpaired) electrons. The first-order valence-electron chi connectivity index (χ1n) is 6.06. The molecule has 3 aromatic rings. The number of hydrogen-bond donors (Lipinski definition) is 0. The minimum atomic E-state index is -0.505. The molecule has 2 aromatic carbocycles. The van der Waals surface area contributed by atoms with Gasteiger partial charge < -0.3 is 4.74 Å². The molecule has 0 aliphatic carbocycles. The van der Waals surface area contributed by atoms with Crippen LogP contribution < -0.4 is 4.74 Å². The molecule has 0 saturated carbocycles. The van der Waals surface area contributed by atoms with Gasteiger partial charge in [0.25, 0.3) is 0 Å². The minimum Gasteiger partial charge on any atom is -0.496 e. The standard InChI is InChI=1S/C15H9Cl2FN2O/c1-21-11-5-3-2-4-8(11)15-19-13-10(18)7-6-9(16)12(13)14(17)20-15/h2-7H,1H3. The van der Waals surface area contributed by atoms with Gasteiger partial charge in [-0.05, 0) is 24.3 Å². The summed E-state index contributed by atoms with van der Waals surface area (Å²) >= 11 is 12.2. The summed E-state index contributed by atoms with van der Waals surface area (Å²) < 4.78 is 19.2. The Balaban J connectivity index is 2.33. The van der Waals surface area contributed by atoms with E-state index in [2.05, 4.69) is 9.97 Å². The number of methoxy groups -OCH3 is 1. The van der Waals surface area contributed by atoms with Gasteiger partial charge in [0.1, 0.15) is 22.2 Å². The molecule has 1 aromatic heterocycles. The van der Waals surface area contributed by atoms with Crippen molar-refractivity contribution in [3.05, 3.63) is 52.4 Å². The molecular weight excluding hydrogens is 314 g/mol. The van der Waals surface area contributed by atoms with Crippen LogP contribution >= 0.6 is 23.2 Å². The quantitative estimate of drug-likeness (QED) is 0.638. The van der Waals surface area contributed by atoms with Crippen LogP contribution in [0, 0.1) is 5.82 Å². The fraction of sp³-hybridized carbons (Fsp3) is 0.0667. The number of benzene rings is 2. The summed E-state index contributed by atoms with van der Waals surface area (Å²) in [5, 5.41) is 0.713. The van der Waals surface area contributed by atoms with Crippen LogP contribution in [0.25, 0.3) is 22.3 Å². The zero-order valence-corrected chi connectivity index (χ0v) is 12.4. The molecule has 3 nitrogen and oxygen atoms in total. The van der Waals surface area contributed by atoms with Crippen LogP contribution in [0.15, 0.2) is 36.4 Å². The van der Waals surface area contributed by atoms with Crippen LogP contribution in [0.3, 0.4) is 0 Å². The molecule has 6 heteroatoms. The van der Waals surface area contributed by atoms with Crippen LogP contribution in [-0.2, 0) is 0 Å². The zero-order chi connectivity index (χ0) is 15.0. The number of hydrogen-bond acceptors (Lipinski definition) is 3. The lowest BCUT2D eigenvalue weighted by Crippen LogP contribution is -1.96. The Labute approximate surface area is 130 Å². The molecule has 0 bridgehead atoms. The normalized spacial score (nSPS) is 10.9. The van der Waals surface area contributed by atoms with Crippen LogP contribution in [0.1, 0.15) is 0 Å². The van der Waals surface area contributed by atoms with Gasteiger partial charge in [0.15, 0.2) is 5.82 Å². The van der Waals surface area contributed by atoms with E-state index in [0.717, 1.165) is 0 Å². The Morgan fingerprint density at radius 1 is 1.05 bits per heavy atom. The summed E-state index contributed by atoms with van der Waals surface area (Å²) in [6, 6.07) is 9.86. The highest BCUT2D eigenvalue weighted by Gasteiger charge is 2.16. The molecule has 0 unspecified atom stereocenters. The molecule has 0 saturated heterocycles. The second kappa shape index (κ2) is 5.47. The smallest absolute Gasteiger partial charge is 0.165 e. The SMILES string of the molecule is COc1ccccc1-c1nc(Cl)c2c(Cl)ccc(F)c2n1. The summed E-state index contributed by atoms with van der Waals surface area (Å²) in [4.78, 5) is 8.45. The Morgan fingerprint density at radius 2 is 1.81 bits per heavy atom. The highest BCUT2D eigenvalue weighted by atomic mass is 35.5. The van der Waals surface area contributed by atoms with Crippen molar-refractivity contribution in [3.63, 3.8) is 0 Å². The Bertz CT molecular complexity index is 839. The first-order valence-corrected chi connectivity index (χ1v) is 6.82. The molecule has 0 fully saturated rings. The van der Waals surface area contributed by atoms with Gasteiger partial charge in [0.2, 0.25) is 0 Å². The van der Waals surface area contributed by atoms with Crippen molar-refractivity contribution in [2.24, 2.45) is 0 Å². The summed E-state index contributed by atoms with van der Waals surface area (Å²) in [6.45, 7) is 0. The van der Waals surface area contributed by atoms with Crippen molar-refractivity contribution < 1.29 is 9.13 Å². The summed E-state index contributed by atoms with van der Waals surface area (Å²) in [5.41, 5.74) is 0.714. The van der Waals surface area contributed by atoms with Gasteiger partial charge in [0, 0.05) is 0 Å². The van der Waals surface area contributed by atoms with Crippen molar-refractivity contribution in [1.82, 2.24) is 9.97 Å². The summed E-state index contributed by atoms with van der Waals surface area (Å²) in [7, 11) is 1.54. The second-order valence-corrected chi connectivity index (χ2v) is 5.06. The third-order valence-corrected chi connectivity index (χ3v) is 3.64. The zero-order valence-electron chi connectivity index (χ0n) is 10.9. The lowest BCUT2D eigenvalue weighted by molar-refractivity contribution is 0.416. The highest BCUT2D eigenvalue weighted by Crippen LogP contribution is 2.34. The molecule has 0 atom stereocenters. The van der Waals surface area contributed by atoms with Gasteiger partial charge in [0.05, 0.1) is 23.1 Å². The van der Waals surface area contributed by atoms with Gasteiger partial charge in [-0.3, -0.25) is 0 Å².